The minimum absolute atomic E-state index is 0.535. The van der Waals surface area contributed by atoms with Crippen molar-refractivity contribution in [3.05, 3.63) is 24.3 Å². The van der Waals surface area contributed by atoms with Crippen LogP contribution >= 0.6 is 0 Å². The Balaban J connectivity index is 2.57. The van der Waals surface area contributed by atoms with Gasteiger partial charge in [0.2, 0.25) is 0 Å². The fourth-order valence-corrected chi connectivity index (χ4v) is 1.24. The van der Waals surface area contributed by atoms with E-state index in [1.54, 1.807) is 0 Å². The molecule has 0 amide bonds. The van der Waals surface area contributed by atoms with Crippen molar-refractivity contribution in [1.29, 1.82) is 0 Å². The Kier molecular flexibility index (Phi) is 4.69. The SMILES string of the molecule is CC(C)C(C)COc1ccccc1O[Si]. The first kappa shape index (κ1) is 12.1. The molecule has 1 atom stereocenters. The van der Waals surface area contributed by atoms with Crippen molar-refractivity contribution in [2.75, 3.05) is 6.61 Å². The summed E-state index contributed by atoms with van der Waals surface area (Å²) in [5.74, 6) is 2.65. The molecule has 0 fully saturated rings. The van der Waals surface area contributed by atoms with E-state index < -0.39 is 0 Å². The van der Waals surface area contributed by atoms with Crippen LogP contribution in [0.4, 0.5) is 0 Å². The van der Waals surface area contributed by atoms with Crippen LogP contribution in [-0.4, -0.2) is 17.1 Å². The molecule has 0 saturated heterocycles. The summed E-state index contributed by atoms with van der Waals surface area (Å²) in [5, 5.41) is 0. The summed E-state index contributed by atoms with van der Waals surface area (Å²) in [6.45, 7) is 7.28. The third kappa shape index (κ3) is 3.59. The maximum absolute atomic E-state index is 5.70. The van der Waals surface area contributed by atoms with Crippen LogP contribution in [0.5, 0.6) is 11.5 Å². The predicted molar refractivity (Wildman–Crippen MR) is 62.3 cm³/mol. The smallest absolute Gasteiger partial charge is 0.341 e. The Hall–Kier alpha value is -0.963. The van der Waals surface area contributed by atoms with Crippen LogP contribution in [0.25, 0.3) is 0 Å². The van der Waals surface area contributed by atoms with E-state index in [0.29, 0.717) is 24.2 Å². The predicted octanol–water partition coefficient (Wildman–Crippen LogP) is 2.82. The van der Waals surface area contributed by atoms with Gasteiger partial charge in [-0.05, 0) is 24.0 Å². The van der Waals surface area contributed by atoms with Gasteiger partial charge in [-0.3, -0.25) is 0 Å². The van der Waals surface area contributed by atoms with Crippen LogP contribution in [0, 0.1) is 11.8 Å². The molecule has 1 rings (SSSR count). The van der Waals surface area contributed by atoms with E-state index in [2.05, 4.69) is 31.3 Å². The first-order chi connectivity index (χ1) is 7.15. The summed E-state index contributed by atoms with van der Waals surface area (Å²) >= 11 is 0. The average molecular weight is 221 g/mol. The Morgan fingerprint density at radius 3 is 2.27 bits per heavy atom. The maximum atomic E-state index is 5.70. The molecular weight excluding hydrogens is 204 g/mol. The van der Waals surface area contributed by atoms with Gasteiger partial charge in [0.1, 0.15) is 5.75 Å². The van der Waals surface area contributed by atoms with Crippen LogP contribution in [-0.2, 0) is 0 Å². The third-order valence-corrected chi connectivity index (χ3v) is 2.82. The number of benzene rings is 1. The second-order valence-corrected chi connectivity index (χ2v) is 4.29. The highest BCUT2D eigenvalue weighted by Gasteiger charge is 2.09. The van der Waals surface area contributed by atoms with Gasteiger partial charge >= 0.3 is 10.5 Å². The molecule has 1 aromatic carbocycles. The second-order valence-electron chi connectivity index (χ2n) is 4.08. The van der Waals surface area contributed by atoms with Gasteiger partial charge in [0.15, 0.2) is 5.75 Å². The highest BCUT2D eigenvalue weighted by atomic mass is 28.2. The zero-order valence-electron chi connectivity index (χ0n) is 9.49. The summed E-state index contributed by atoms with van der Waals surface area (Å²) in [4.78, 5) is 0. The Morgan fingerprint density at radius 2 is 1.73 bits per heavy atom. The molecule has 1 unspecified atom stereocenters. The van der Waals surface area contributed by atoms with Crippen molar-refractivity contribution in [3.8, 4) is 11.5 Å². The molecule has 0 aliphatic rings. The first-order valence-corrected chi connectivity index (χ1v) is 5.61. The van der Waals surface area contributed by atoms with E-state index in [4.69, 9.17) is 9.16 Å². The van der Waals surface area contributed by atoms with Crippen LogP contribution in [0.15, 0.2) is 24.3 Å². The molecule has 81 valence electrons. The molecule has 0 aliphatic heterocycles. The van der Waals surface area contributed by atoms with Gasteiger partial charge in [-0.15, -0.1) is 0 Å². The summed E-state index contributed by atoms with van der Waals surface area (Å²) in [7, 11) is 3.01. The van der Waals surface area contributed by atoms with E-state index in [-0.39, 0.29) is 0 Å². The van der Waals surface area contributed by atoms with Crippen molar-refractivity contribution >= 4 is 10.5 Å². The lowest BCUT2D eigenvalue weighted by atomic mass is 9.99. The highest BCUT2D eigenvalue weighted by molar-refractivity contribution is 6.00. The molecule has 0 heterocycles. The van der Waals surface area contributed by atoms with E-state index >= 15 is 0 Å². The standard InChI is InChI=1S/C12H17O2Si/c1-9(2)10(3)8-13-11-6-4-5-7-12(11)14-15/h4-7,9-10H,8H2,1-3H3. The van der Waals surface area contributed by atoms with Gasteiger partial charge in [0.05, 0.1) is 6.61 Å². The fraction of sp³-hybridized carbons (Fsp3) is 0.500. The fourth-order valence-electron chi connectivity index (χ4n) is 1.07. The van der Waals surface area contributed by atoms with E-state index in [0.717, 1.165) is 5.75 Å². The summed E-state index contributed by atoms with van der Waals surface area (Å²) < 4.78 is 10.7. The van der Waals surface area contributed by atoms with Gasteiger partial charge in [-0.1, -0.05) is 32.9 Å². The number of hydrogen-bond donors (Lipinski definition) is 0. The van der Waals surface area contributed by atoms with Gasteiger partial charge in [0, 0.05) is 0 Å². The minimum Gasteiger partial charge on any atom is -0.538 e. The lowest BCUT2D eigenvalue weighted by Crippen LogP contribution is -2.14. The van der Waals surface area contributed by atoms with Gasteiger partial charge in [0.25, 0.3) is 0 Å². The zero-order chi connectivity index (χ0) is 11.3. The van der Waals surface area contributed by atoms with Crippen LogP contribution in [0.2, 0.25) is 0 Å². The zero-order valence-corrected chi connectivity index (χ0v) is 10.5. The van der Waals surface area contributed by atoms with Crippen LogP contribution < -0.4 is 9.16 Å². The van der Waals surface area contributed by atoms with E-state index in [1.165, 1.54) is 0 Å². The maximum Gasteiger partial charge on any atom is 0.341 e. The van der Waals surface area contributed by atoms with Crippen LogP contribution in [0.3, 0.4) is 0 Å². The second kappa shape index (κ2) is 5.81. The Bertz CT molecular complexity index is 299. The third-order valence-electron chi connectivity index (χ3n) is 2.60. The molecule has 0 aromatic heterocycles. The van der Waals surface area contributed by atoms with E-state index in [9.17, 15) is 0 Å². The van der Waals surface area contributed by atoms with Crippen molar-refractivity contribution in [2.24, 2.45) is 11.8 Å². The number of hydrogen-bond acceptors (Lipinski definition) is 2. The molecular formula is C12H17O2Si. The molecule has 1 aromatic rings. The monoisotopic (exact) mass is 221 g/mol. The van der Waals surface area contributed by atoms with Gasteiger partial charge in [-0.2, -0.15) is 0 Å². The molecule has 0 aliphatic carbocycles. The van der Waals surface area contributed by atoms with E-state index in [1.807, 2.05) is 24.3 Å². The number of para-hydroxylation sites is 2. The van der Waals surface area contributed by atoms with Gasteiger partial charge in [-0.25, -0.2) is 0 Å². The van der Waals surface area contributed by atoms with Crippen molar-refractivity contribution in [2.45, 2.75) is 20.8 Å². The van der Waals surface area contributed by atoms with Crippen molar-refractivity contribution in [1.82, 2.24) is 0 Å². The topological polar surface area (TPSA) is 18.5 Å². The summed E-state index contributed by atoms with van der Waals surface area (Å²) in [6, 6.07) is 7.61. The lowest BCUT2D eigenvalue weighted by molar-refractivity contribution is 0.219. The highest BCUT2D eigenvalue weighted by Crippen LogP contribution is 2.26. The Morgan fingerprint density at radius 1 is 1.13 bits per heavy atom. The van der Waals surface area contributed by atoms with Crippen LogP contribution in [0.1, 0.15) is 20.8 Å². The summed E-state index contributed by atoms with van der Waals surface area (Å²) in [6.07, 6.45) is 0. The largest absolute Gasteiger partial charge is 0.538 e. The minimum atomic E-state index is 0.535. The molecule has 0 saturated carbocycles. The molecule has 0 N–H and O–H groups in total. The van der Waals surface area contributed by atoms with Gasteiger partial charge < -0.3 is 9.16 Å². The molecule has 0 bridgehead atoms. The number of ether oxygens (including phenoxy) is 1. The first-order valence-electron chi connectivity index (χ1n) is 5.20. The van der Waals surface area contributed by atoms with Crippen molar-refractivity contribution < 1.29 is 9.16 Å². The normalized spacial score (nSPS) is 12.6. The molecule has 3 radical (unpaired) electrons. The van der Waals surface area contributed by atoms with Crippen molar-refractivity contribution in [3.63, 3.8) is 0 Å². The molecule has 0 spiro atoms. The molecule has 2 nitrogen and oxygen atoms in total. The quantitative estimate of drug-likeness (QED) is 0.712. The molecule has 15 heavy (non-hydrogen) atoms. The Labute approximate surface area is 95.1 Å². The average Bonchev–Trinajstić information content (AvgIpc) is 2.26. The lowest BCUT2D eigenvalue weighted by Gasteiger charge is -2.17. The molecule has 3 heteroatoms. The number of rotatable bonds is 5. The summed E-state index contributed by atoms with van der Waals surface area (Å²) in [5.41, 5.74) is 0.